The van der Waals surface area contributed by atoms with Crippen LogP contribution in [0.5, 0.6) is 0 Å². The summed E-state index contributed by atoms with van der Waals surface area (Å²) in [5, 5.41) is 30.5. The summed E-state index contributed by atoms with van der Waals surface area (Å²) in [5.41, 5.74) is 0. The van der Waals surface area contributed by atoms with Crippen molar-refractivity contribution in [2.75, 3.05) is 21.3 Å². The van der Waals surface area contributed by atoms with Gasteiger partial charge in [0.25, 0.3) is 0 Å². The molecule has 0 aromatic rings. The minimum Gasteiger partial charge on any atom is -0.388 e. The Hall–Kier alpha value is -0.360. The highest BCUT2D eigenvalue weighted by Gasteiger charge is 2.50. The first kappa shape index (κ1) is 20.0. The minimum atomic E-state index is -1.31. The second kappa shape index (κ2) is 8.35. The summed E-state index contributed by atoms with van der Waals surface area (Å²) in [5.74, 6) is 0. The molecule has 0 unspecified atom stereocenters. The van der Waals surface area contributed by atoms with Gasteiger partial charge in [-0.25, -0.2) is 0 Å². The van der Waals surface area contributed by atoms with Gasteiger partial charge in [0.05, 0.1) is 12.2 Å². The van der Waals surface area contributed by atoms with E-state index in [0.29, 0.717) is 0 Å². The van der Waals surface area contributed by atoms with E-state index in [1.807, 2.05) is 0 Å². The van der Waals surface area contributed by atoms with Crippen LogP contribution in [0.2, 0.25) is 0 Å². The maximum atomic E-state index is 10.2. The summed E-state index contributed by atoms with van der Waals surface area (Å²) in [6.45, 7) is 3.31. The molecule has 2 aliphatic heterocycles. The first-order chi connectivity index (χ1) is 11.3. The van der Waals surface area contributed by atoms with Gasteiger partial charge in [0, 0.05) is 21.3 Å². The zero-order chi connectivity index (χ0) is 18.0. The summed E-state index contributed by atoms with van der Waals surface area (Å²) in [7, 11) is 4.31. The van der Waals surface area contributed by atoms with Gasteiger partial charge in [-0.1, -0.05) is 0 Å². The molecule has 2 aliphatic rings. The molecule has 0 radical (unpaired) electrons. The van der Waals surface area contributed by atoms with E-state index in [2.05, 4.69) is 0 Å². The van der Waals surface area contributed by atoms with Crippen LogP contribution in [0.3, 0.4) is 0 Å². The summed E-state index contributed by atoms with van der Waals surface area (Å²) >= 11 is 0. The molecule has 0 spiro atoms. The lowest BCUT2D eigenvalue weighted by atomic mass is 9.97. The summed E-state index contributed by atoms with van der Waals surface area (Å²) in [6, 6.07) is 0. The molecule has 0 bridgehead atoms. The quantitative estimate of drug-likeness (QED) is 0.550. The van der Waals surface area contributed by atoms with Crippen molar-refractivity contribution < 1.29 is 43.7 Å². The second-order valence-corrected chi connectivity index (χ2v) is 6.12. The van der Waals surface area contributed by atoms with Gasteiger partial charge in [0.15, 0.2) is 12.6 Å². The van der Waals surface area contributed by atoms with Crippen molar-refractivity contribution in [1.29, 1.82) is 0 Å². The molecule has 0 aromatic carbocycles. The SMILES string of the molecule is CO[C@@H]1[C@@H](O)[C@H](C)O[C@@H](O)[C@@H]1O[C@@H]1O[C@@H](C)[C@H](O)[C@@H](OC)[C@H]1OC. The Bertz CT molecular complexity index is 395. The van der Waals surface area contributed by atoms with Crippen LogP contribution >= 0.6 is 0 Å². The normalized spacial score (nSPS) is 50.0. The first-order valence-corrected chi connectivity index (χ1v) is 7.94. The van der Waals surface area contributed by atoms with Gasteiger partial charge >= 0.3 is 0 Å². The van der Waals surface area contributed by atoms with E-state index in [4.69, 9.17) is 28.4 Å². The van der Waals surface area contributed by atoms with Gasteiger partial charge in [-0.2, -0.15) is 0 Å². The maximum Gasteiger partial charge on any atom is 0.187 e. The van der Waals surface area contributed by atoms with Crippen LogP contribution in [-0.2, 0) is 28.4 Å². The van der Waals surface area contributed by atoms with Gasteiger partial charge in [-0.05, 0) is 13.8 Å². The molecule has 0 amide bonds. The van der Waals surface area contributed by atoms with Crippen LogP contribution < -0.4 is 0 Å². The van der Waals surface area contributed by atoms with E-state index in [1.54, 1.807) is 13.8 Å². The molecule has 2 rings (SSSR count). The molecular weight excluding hydrogens is 324 g/mol. The number of aliphatic hydroxyl groups is 3. The highest BCUT2D eigenvalue weighted by atomic mass is 16.7. The van der Waals surface area contributed by atoms with Crippen molar-refractivity contribution in [1.82, 2.24) is 0 Å². The van der Waals surface area contributed by atoms with E-state index >= 15 is 0 Å². The monoisotopic (exact) mass is 352 g/mol. The molecule has 24 heavy (non-hydrogen) atoms. The standard InChI is InChI=1S/C15H28O9/c1-6-8(16)10(19-3)12(14(18)22-6)24-15-13(21-5)11(20-4)9(17)7(2)23-15/h6-18H,1-5H3/t6-,7-,8-,9-,10+,11+,12+,13+,14+,15-/m0/s1. The number of hydrogen-bond acceptors (Lipinski definition) is 9. The molecule has 0 saturated carbocycles. The Kier molecular flexibility index (Phi) is 6.94. The smallest absolute Gasteiger partial charge is 0.187 e. The Morgan fingerprint density at radius 3 is 1.62 bits per heavy atom. The molecule has 0 aliphatic carbocycles. The molecule has 9 nitrogen and oxygen atoms in total. The van der Waals surface area contributed by atoms with E-state index < -0.39 is 61.4 Å². The largest absolute Gasteiger partial charge is 0.388 e. The average molecular weight is 352 g/mol. The van der Waals surface area contributed by atoms with E-state index in [9.17, 15) is 15.3 Å². The fourth-order valence-corrected chi connectivity index (χ4v) is 3.19. The number of aliphatic hydroxyl groups excluding tert-OH is 3. The zero-order valence-corrected chi connectivity index (χ0v) is 14.6. The molecule has 2 heterocycles. The Labute approximate surface area is 141 Å². The summed E-state index contributed by atoms with van der Waals surface area (Å²) < 4.78 is 32.7. The lowest BCUT2D eigenvalue weighted by Gasteiger charge is -2.46. The van der Waals surface area contributed by atoms with Crippen LogP contribution in [0.25, 0.3) is 0 Å². The summed E-state index contributed by atoms with van der Waals surface area (Å²) in [4.78, 5) is 0. The molecular formula is C15H28O9. The van der Waals surface area contributed by atoms with Gasteiger partial charge in [-0.3, -0.25) is 0 Å². The Morgan fingerprint density at radius 1 is 0.667 bits per heavy atom. The Morgan fingerprint density at radius 2 is 1.12 bits per heavy atom. The van der Waals surface area contributed by atoms with Gasteiger partial charge < -0.3 is 43.7 Å². The van der Waals surface area contributed by atoms with Gasteiger partial charge in [-0.15, -0.1) is 0 Å². The molecule has 0 aromatic heterocycles. The van der Waals surface area contributed by atoms with Crippen LogP contribution in [0.15, 0.2) is 0 Å². The van der Waals surface area contributed by atoms with Crippen molar-refractivity contribution in [3.63, 3.8) is 0 Å². The van der Waals surface area contributed by atoms with E-state index in [0.717, 1.165) is 0 Å². The van der Waals surface area contributed by atoms with Crippen LogP contribution in [0.4, 0.5) is 0 Å². The topological polar surface area (TPSA) is 116 Å². The third-order valence-electron chi connectivity index (χ3n) is 4.64. The van der Waals surface area contributed by atoms with Crippen molar-refractivity contribution in [3.05, 3.63) is 0 Å². The molecule has 9 heteroatoms. The third kappa shape index (κ3) is 3.74. The molecule has 2 fully saturated rings. The first-order valence-electron chi connectivity index (χ1n) is 7.94. The lowest BCUT2D eigenvalue weighted by molar-refractivity contribution is -0.361. The highest BCUT2D eigenvalue weighted by molar-refractivity contribution is 4.93. The molecule has 10 atom stereocenters. The van der Waals surface area contributed by atoms with Crippen molar-refractivity contribution >= 4 is 0 Å². The van der Waals surface area contributed by atoms with E-state index in [-0.39, 0.29) is 0 Å². The van der Waals surface area contributed by atoms with Gasteiger partial charge in [0.2, 0.25) is 0 Å². The van der Waals surface area contributed by atoms with Gasteiger partial charge in [0.1, 0.15) is 36.6 Å². The number of hydrogen-bond donors (Lipinski definition) is 3. The number of rotatable bonds is 5. The zero-order valence-electron chi connectivity index (χ0n) is 14.6. The predicted molar refractivity (Wildman–Crippen MR) is 80.2 cm³/mol. The number of methoxy groups -OCH3 is 3. The third-order valence-corrected chi connectivity index (χ3v) is 4.64. The van der Waals surface area contributed by atoms with Crippen molar-refractivity contribution in [2.24, 2.45) is 0 Å². The maximum absolute atomic E-state index is 10.2. The Balaban J connectivity index is 2.17. The number of ether oxygens (including phenoxy) is 6. The van der Waals surface area contributed by atoms with Crippen LogP contribution in [0, 0.1) is 0 Å². The average Bonchev–Trinajstić information content (AvgIpc) is 2.55. The lowest BCUT2D eigenvalue weighted by Crippen LogP contribution is -2.63. The predicted octanol–water partition coefficient (Wildman–Crippen LogP) is -1.38. The molecule has 142 valence electrons. The summed E-state index contributed by atoms with van der Waals surface area (Å²) in [6.07, 6.45) is -8.52. The van der Waals surface area contributed by atoms with Crippen molar-refractivity contribution in [3.8, 4) is 0 Å². The highest BCUT2D eigenvalue weighted by Crippen LogP contribution is 2.31. The van der Waals surface area contributed by atoms with E-state index in [1.165, 1.54) is 21.3 Å². The van der Waals surface area contributed by atoms with Crippen LogP contribution in [-0.4, -0.2) is 98.1 Å². The minimum absolute atomic E-state index is 0.571. The fourth-order valence-electron chi connectivity index (χ4n) is 3.19. The fraction of sp³-hybridized carbons (Fsp3) is 1.00. The van der Waals surface area contributed by atoms with Crippen molar-refractivity contribution in [2.45, 2.75) is 75.3 Å². The molecule has 2 saturated heterocycles. The van der Waals surface area contributed by atoms with Crippen LogP contribution in [0.1, 0.15) is 13.8 Å². The second-order valence-electron chi connectivity index (χ2n) is 6.12. The molecule has 3 N–H and O–H groups in total.